The summed E-state index contributed by atoms with van der Waals surface area (Å²) in [5.74, 6) is 0.282. The van der Waals surface area contributed by atoms with Gasteiger partial charge in [0.05, 0.1) is 14.9 Å². The SMILES string of the molecule is C/C(=N\OCC(=O)OCC(=O)c1ccc(Cl)s1)c1ccc2c(c1)OCO2. The third kappa shape index (κ3) is 4.53. The van der Waals surface area contributed by atoms with Crippen molar-refractivity contribution in [2.45, 2.75) is 6.92 Å². The van der Waals surface area contributed by atoms with Gasteiger partial charge in [-0.3, -0.25) is 4.79 Å². The lowest BCUT2D eigenvalue weighted by atomic mass is 10.1. The van der Waals surface area contributed by atoms with Gasteiger partial charge in [0.2, 0.25) is 19.2 Å². The number of fused-ring (bicyclic) bond motifs is 1. The molecular weight excluding hydrogens is 382 g/mol. The van der Waals surface area contributed by atoms with Crippen molar-refractivity contribution in [3.05, 3.63) is 45.1 Å². The summed E-state index contributed by atoms with van der Waals surface area (Å²) in [5, 5.41) is 3.87. The molecule has 1 aliphatic heterocycles. The van der Waals surface area contributed by atoms with Crippen LogP contribution in [0.2, 0.25) is 4.34 Å². The van der Waals surface area contributed by atoms with Crippen LogP contribution in [0.5, 0.6) is 11.5 Å². The van der Waals surface area contributed by atoms with E-state index in [-0.39, 0.29) is 19.2 Å². The first kappa shape index (κ1) is 18.2. The number of oxime groups is 1. The summed E-state index contributed by atoms with van der Waals surface area (Å²) in [6.07, 6.45) is 0. The maximum Gasteiger partial charge on any atom is 0.347 e. The minimum Gasteiger partial charge on any atom is -0.455 e. The number of hydrogen-bond donors (Lipinski definition) is 0. The summed E-state index contributed by atoms with van der Waals surface area (Å²) in [6, 6.07) is 8.54. The summed E-state index contributed by atoms with van der Waals surface area (Å²) >= 11 is 6.88. The van der Waals surface area contributed by atoms with Gasteiger partial charge < -0.3 is 19.0 Å². The van der Waals surface area contributed by atoms with E-state index in [0.29, 0.717) is 26.4 Å². The molecule has 0 aliphatic carbocycles. The maximum absolute atomic E-state index is 11.8. The Morgan fingerprint density at radius 1 is 1.19 bits per heavy atom. The highest BCUT2D eigenvalue weighted by Crippen LogP contribution is 2.32. The average Bonchev–Trinajstić information content (AvgIpc) is 3.27. The number of benzene rings is 1. The summed E-state index contributed by atoms with van der Waals surface area (Å²) in [5.41, 5.74) is 1.33. The van der Waals surface area contributed by atoms with Crippen molar-refractivity contribution >= 4 is 40.4 Å². The average molecular weight is 396 g/mol. The lowest BCUT2D eigenvalue weighted by molar-refractivity contribution is -0.147. The number of Topliss-reactive ketones (excluding diaryl/α,β-unsaturated/α-hetero) is 1. The molecular formula is C17H14ClNO6S. The highest BCUT2D eigenvalue weighted by molar-refractivity contribution is 7.18. The predicted octanol–water partition coefficient (Wildman–Crippen LogP) is 3.30. The lowest BCUT2D eigenvalue weighted by Gasteiger charge is -2.04. The summed E-state index contributed by atoms with van der Waals surface area (Å²) < 4.78 is 15.9. The largest absolute Gasteiger partial charge is 0.455 e. The van der Waals surface area contributed by atoms with Crippen LogP contribution in [-0.4, -0.2) is 37.5 Å². The van der Waals surface area contributed by atoms with Gasteiger partial charge in [0.1, 0.15) is 0 Å². The van der Waals surface area contributed by atoms with E-state index in [9.17, 15) is 9.59 Å². The Bertz CT molecular complexity index is 863. The van der Waals surface area contributed by atoms with Gasteiger partial charge in [-0.25, -0.2) is 4.79 Å². The Hall–Kier alpha value is -2.58. The van der Waals surface area contributed by atoms with E-state index in [2.05, 4.69) is 5.16 Å². The third-order valence-electron chi connectivity index (χ3n) is 3.39. The second-order valence-electron chi connectivity index (χ2n) is 5.21. The minimum absolute atomic E-state index is 0.188. The van der Waals surface area contributed by atoms with Gasteiger partial charge in [0, 0.05) is 5.56 Å². The number of carbonyl (C=O) groups is 2. The van der Waals surface area contributed by atoms with E-state index in [1.807, 2.05) is 0 Å². The van der Waals surface area contributed by atoms with Crippen LogP contribution in [0, 0.1) is 0 Å². The molecule has 0 N–H and O–H groups in total. The molecule has 0 saturated carbocycles. The number of ether oxygens (including phenoxy) is 3. The lowest BCUT2D eigenvalue weighted by Crippen LogP contribution is -2.17. The molecule has 2 heterocycles. The third-order valence-corrected chi connectivity index (χ3v) is 4.66. The molecule has 0 fully saturated rings. The Labute approximate surface area is 158 Å². The Morgan fingerprint density at radius 2 is 2.00 bits per heavy atom. The van der Waals surface area contributed by atoms with Gasteiger partial charge in [-0.15, -0.1) is 11.3 Å². The first-order valence-electron chi connectivity index (χ1n) is 7.53. The molecule has 0 atom stereocenters. The molecule has 2 aromatic rings. The fourth-order valence-electron chi connectivity index (χ4n) is 2.08. The van der Waals surface area contributed by atoms with Crippen LogP contribution >= 0.6 is 22.9 Å². The summed E-state index contributed by atoms with van der Waals surface area (Å²) in [4.78, 5) is 28.8. The van der Waals surface area contributed by atoms with E-state index < -0.39 is 12.6 Å². The van der Waals surface area contributed by atoms with Crippen LogP contribution in [0.1, 0.15) is 22.2 Å². The van der Waals surface area contributed by atoms with Crippen LogP contribution in [0.15, 0.2) is 35.5 Å². The van der Waals surface area contributed by atoms with Crippen LogP contribution in [0.3, 0.4) is 0 Å². The van der Waals surface area contributed by atoms with Gasteiger partial charge in [-0.1, -0.05) is 16.8 Å². The van der Waals surface area contributed by atoms with E-state index in [4.69, 9.17) is 30.6 Å². The van der Waals surface area contributed by atoms with Crippen molar-refractivity contribution in [1.82, 2.24) is 0 Å². The van der Waals surface area contributed by atoms with Gasteiger partial charge in [0.15, 0.2) is 18.1 Å². The molecule has 9 heteroatoms. The van der Waals surface area contributed by atoms with Crippen molar-refractivity contribution in [3.63, 3.8) is 0 Å². The quantitative estimate of drug-likeness (QED) is 0.309. The number of thiophene rings is 1. The normalized spacial score (nSPS) is 12.8. The highest BCUT2D eigenvalue weighted by atomic mass is 35.5. The molecule has 1 aromatic heterocycles. The fourth-order valence-corrected chi connectivity index (χ4v) is 3.05. The van der Waals surface area contributed by atoms with Gasteiger partial charge in [-0.05, 0) is 37.3 Å². The molecule has 0 radical (unpaired) electrons. The van der Waals surface area contributed by atoms with E-state index in [0.717, 1.165) is 16.9 Å². The predicted molar refractivity (Wildman–Crippen MR) is 95.3 cm³/mol. The van der Waals surface area contributed by atoms with Crippen LogP contribution in [-0.2, 0) is 14.4 Å². The number of hydrogen-bond acceptors (Lipinski definition) is 8. The monoisotopic (exact) mass is 395 g/mol. The molecule has 1 aromatic carbocycles. The number of halogens is 1. The first-order chi connectivity index (χ1) is 12.5. The molecule has 0 amide bonds. The smallest absolute Gasteiger partial charge is 0.347 e. The Balaban J connectivity index is 1.45. The van der Waals surface area contributed by atoms with E-state index in [1.165, 1.54) is 0 Å². The number of carbonyl (C=O) groups excluding carboxylic acids is 2. The van der Waals surface area contributed by atoms with Crippen molar-refractivity contribution in [2.24, 2.45) is 5.16 Å². The minimum atomic E-state index is -0.691. The highest BCUT2D eigenvalue weighted by Gasteiger charge is 2.15. The zero-order valence-corrected chi connectivity index (χ0v) is 15.3. The standard InChI is InChI=1S/C17H14ClNO6S/c1-10(11-2-3-13-14(6-11)24-9-23-13)19-25-8-17(21)22-7-12(20)15-4-5-16(18)26-15/h2-6H,7-9H2,1H3/b19-10+. The molecule has 3 rings (SSSR count). The van der Waals surface area contributed by atoms with Gasteiger partial charge in [0.25, 0.3) is 0 Å². The Morgan fingerprint density at radius 3 is 2.77 bits per heavy atom. The van der Waals surface area contributed by atoms with Crippen molar-refractivity contribution < 1.29 is 28.6 Å². The molecule has 1 aliphatic rings. The Kier molecular flexibility index (Phi) is 5.75. The molecule has 0 bridgehead atoms. The maximum atomic E-state index is 11.8. The van der Waals surface area contributed by atoms with E-state index >= 15 is 0 Å². The number of esters is 1. The molecule has 7 nitrogen and oxygen atoms in total. The number of ketones is 1. The summed E-state index contributed by atoms with van der Waals surface area (Å²) in [7, 11) is 0. The zero-order chi connectivity index (χ0) is 18.5. The van der Waals surface area contributed by atoms with Crippen molar-refractivity contribution in [1.29, 1.82) is 0 Å². The molecule has 26 heavy (non-hydrogen) atoms. The fraction of sp³-hybridized carbons (Fsp3) is 0.235. The number of nitrogens with zero attached hydrogens (tertiary/aromatic N) is 1. The first-order valence-corrected chi connectivity index (χ1v) is 8.73. The van der Waals surface area contributed by atoms with Gasteiger partial charge in [-0.2, -0.15) is 0 Å². The number of rotatable bonds is 7. The molecule has 0 unspecified atom stereocenters. The molecule has 0 saturated heterocycles. The van der Waals surface area contributed by atoms with Gasteiger partial charge >= 0.3 is 5.97 Å². The molecule has 0 spiro atoms. The molecule has 136 valence electrons. The van der Waals surface area contributed by atoms with Crippen LogP contribution in [0.4, 0.5) is 0 Å². The van der Waals surface area contributed by atoms with Crippen LogP contribution in [0.25, 0.3) is 0 Å². The second-order valence-corrected chi connectivity index (χ2v) is 6.92. The van der Waals surface area contributed by atoms with Crippen molar-refractivity contribution in [2.75, 3.05) is 20.0 Å². The van der Waals surface area contributed by atoms with E-state index in [1.54, 1.807) is 37.3 Å². The second kappa shape index (κ2) is 8.20. The van der Waals surface area contributed by atoms with Crippen molar-refractivity contribution in [3.8, 4) is 11.5 Å². The zero-order valence-electron chi connectivity index (χ0n) is 13.7. The topological polar surface area (TPSA) is 83.4 Å². The summed E-state index contributed by atoms with van der Waals surface area (Å²) in [6.45, 7) is 1.14. The van der Waals surface area contributed by atoms with Crippen LogP contribution < -0.4 is 9.47 Å².